The molecule has 1 aliphatic rings. The Kier molecular flexibility index (Phi) is 7.70. The van der Waals surface area contributed by atoms with Gasteiger partial charge in [-0.15, -0.1) is 0 Å². The molecule has 0 aliphatic carbocycles. The van der Waals surface area contributed by atoms with Gasteiger partial charge in [-0.25, -0.2) is 0 Å². The van der Waals surface area contributed by atoms with Gasteiger partial charge in [-0.1, -0.05) is 53.0 Å². The van der Waals surface area contributed by atoms with Crippen molar-refractivity contribution in [1.29, 1.82) is 0 Å². The lowest BCUT2D eigenvalue weighted by Crippen LogP contribution is -2.40. The van der Waals surface area contributed by atoms with Crippen LogP contribution in [0.1, 0.15) is 66.2 Å². The van der Waals surface area contributed by atoms with Gasteiger partial charge in [-0.05, 0) is 30.8 Å². The summed E-state index contributed by atoms with van der Waals surface area (Å²) in [5.41, 5.74) is 0.410. The molecule has 112 valence electrons. The highest BCUT2D eigenvalue weighted by molar-refractivity contribution is 4.95. The molecule has 0 fully saturated rings. The van der Waals surface area contributed by atoms with Gasteiger partial charge in [-0.3, -0.25) is 4.90 Å². The third-order valence-corrected chi connectivity index (χ3v) is 3.68. The molecule has 0 spiro atoms. The van der Waals surface area contributed by atoms with E-state index in [-0.39, 0.29) is 6.23 Å². The van der Waals surface area contributed by atoms with E-state index >= 15 is 0 Å². The van der Waals surface area contributed by atoms with Gasteiger partial charge in [0.05, 0.1) is 0 Å². The molecule has 0 N–H and O–H groups in total. The van der Waals surface area contributed by atoms with Gasteiger partial charge in [0.2, 0.25) is 0 Å². The van der Waals surface area contributed by atoms with Gasteiger partial charge >= 0.3 is 0 Å². The predicted octanol–water partition coefficient (Wildman–Crippen LogP) is 4.61. The summed E-state index contributed by atoms with van der Waals surface area (Å²) in [6, 6.07) is 0. The summed E-state index contributed by atoms with van der Waals surface area (Å²) in [5, 5.41) is 0. The maximum atomic E-state index is 6.05. The fourth-order valence-electron chi connectivity index (χ4n) is 2.31. The number of unbranched alkanes of at least 4 members (excludes halogenated alkanes) is 3. The molecule has 1 atom stereocenters. The molecule has 1 heterocycles. The predicted molar refractivity (Wildman–Crippen MR) is 83.3 cm³/mol. The Morgan fingerprint density at radius 1 is 1.21 bits per heavy atom. The van der Waals surface area contributed by atoms with Crippen molar-refractivity contribution in [3.05, 3.63) is 12.2 Å². The Bertz CT molecular complexity index is 254. The normalized spacial score (nSPS) is 20.9. The highest BCUT2D eigenvalue weighted by Gasteiger charge is 2.21. The minimum absolute atomic E-state index is 0.220. The molecule has 0 radical (unpaired) electrons. The van der Waals surface area contributed by atoms with Crippen LogP contribution in [-0.4, -0.2) is 30.8 Å². The quantitative estimate of drug-likeness (QED) is 0.470. The molecule has 19 heavy (non-hydrogen) atoms. The average molecular weight is 267 g/mol. The molecule has 2 nitrogen and oxygen atoms in total. The van der Waals surface area contributed by atoms with Crippen molar-refractivity contribution in [3.8, 4) is 0 Å². The van der Waals surface area contributed by atoms with Gasteiger partial charge in [-0.2, -0.15) is 0 Å². The van der Waals surface area contributed by atoms with Crippen molar-refractivity contribution < 1.29 is 4.74 Å². The highest BCUT2D eigenvalue weighted by atomic mass is 16.5. The van der Waals surface area contributed by atoms with Crippen LogP contribution in [0.4, 0.5) is 0 Å². The van der Waals surface area contributed by atoms with Crippen molar-refractivity contribution in [2.24, 2.45) is 5.41 Å². The maximum Gasteiger partial charge on any atom is 0.129 e. The van der Waals surface area contributed by atoms with E-state index in [0.717, 1.165) is 19.7 Å². The first-order valence-corrected chi connectivity index (χ1v) is 8.05. The van der Waals surface area contributed by atoms with Gasteiger partial charge < -0.3 is 4.74 Å². The van der Waals surface area contributed by atoms with Gasteiger partial charge in [0.1, 0.15) is 6.23 Å². The molecule has 2 heteroatoms. The summed E-state index contributed by atoms with van der Waals surface area (Å²) in [7, 11) is 0. The molecule has 0 amide bonds. The van der Waals surface area contributed by atoms with Crippen molar-refractivity contribution in [3.63, 3.8) is 0 Å². The Morgan fingerprint density at radius 2 is 2.00 bits per heavy atom. The zero-order valence-electron chi connectivity index (χ0n) is 13.5. The fourth-order valence-corrected chi connectivity index (χ4v) is 2.31. The van der Waals surface area contributed by atoms with Crippen LogP contribution in [0.5, 0.6) is 0 Å². The fraction of sp³-hybridized carbons (Fsp3) is 0.882. The lowest BCUT2D eigenvalue weighted by molar-refractivity contribution is -0.0366. The molecule has 1 aliphatic heterocycles. The van der Waals surface area contributed by atoms with E-state index in [1.807, 2.05) is 0 Å². The van der Waals surface area contributed by atoms with Crippen LogP contribution in [0.25, 0.3) is 0 Å². The zero-order chi connectivity index (χ0) is 14.1. The smallest absolute Gasteiger partial charge is 0.129 e. The number of nitrogens with zero attached hydrogens (tertiary/aromatic N) is 1. The van der Waals surface area contributed by atoms with Crippen LogP contribution in [0.15, 0.2) is 12.2 Å². The molecule has 0 aromatic carbocycles. The summed E-state index contributed by atoms with van der Waals surface area (Å²) < 4.78 is 6.05. The summed E-state index contributed by atoms with van der Waals surface area (Å²) in [6.07, 6.45) is 12.3. The van der Waals surface area contributed by atoms with Crippen LogP contribution in [0.3, 0.4) is 0 Å². The lowest BCUT2D eigenvalue weighted by Gasteiger charge is -2.34. The van der Waals surface area contributed by atoms with Gasteiger partial charge in [0.15, 0.2) is 0 Å². The monoisotopic (exact) mass is 267 g/mol. The second kappa shape index (κ2) is 8.76. The summed E-state index contributed by atoms with van der Waals surface area (Å²) >= 11 is 0. The molecule has 1 rings (SSSR count). The Hall–Kier alpha value is -0.340. The molecule has 0 saturated carbocycles. The number of ether oxygens (including phenoxy) is 1. The van der Waals surface area contributed by atoms with E-state index in [1.54, 1.807) is 0 Å². The lowest BCUT2D eigenvalue weighted by atomic mass is 9.92. The third kappa shape index (κ3) is 7.74. The summed E-state index contributed by atoms with van der Waals surface area (Å²) in [4.78, 5) is 2.49. The average Bonchev–Trinajstić information content (AvgIpc) is 2.36. The highest BCUT2D eigenvalue weighted by Crippen LogP contribution is 2.21. The minimum atomic E-state index is 0.220. The van der Waals surface area contributed by atoms with E-state index in [0.29, 0.717) is 5.41 Å². The SMILES string of the molecule is CCCCCCOC1C=CCCN1CCC(C)(C)C. The number of hydrogen-bond donors (Lipinski definition) is 0. The van der Waals surface area contributed by atoms with Crippen molar-refractivity contribution in [2.45, 2.75) is 72.4 Å². The van der Waals surface area contributed by atoms with Gasteiger partial charge in [0, 0.05) is 19.7 Å². The van der Waals surface area contributed by atoms with E-state index in [1.165, 1.54) is 38.5 Å². The van der Waals surface area contributed by atoms with Crippen LogP contribution < -0.4 is 0 Å². The Morgan fingerprint density at radius 3 is 2.68 bits per heavy atom. The van der Waals surface area contributed by atoms with Crippen LogP contribution >= 0.6 is 0 Å². The van der Waals surface area contributed by atoms with Gasteiger partial charge in [0.25, 0.3) is 0 Å². The van der Waals surface area contributed by atoms with E-state index in [2.05, 4.69) is 44.7 Å². The molecule has 0 saturated heterocycles. The Labute approximate surface area is 120 Å². The Balaban J connectivity index is 2.27. The molecule has 1 unspecified atom stereocenters. The first-order valence-electron chi connectivity index (χ1n) is 8.05. The first-order chi connectivity index (χ1) is 9.03. The first kappa shape index (κ1) is 16.7. The molecular formula is C17H33NO. The van der Waals surface area contributed by atoms with Crippen molar-refractivity contribution >= 4 is 0 Å². The van der Waals surface area contributed by atoms with Crippen molar-refractivity contribution in [1.82, 2.24) is 4.90 Å². The second-order valence-electron chi connectivity index (χ2n) is 6.89. The molecule has 0 aromatic rings. The zero-order valence-corrected chi connectivity index (χ0v) is 13.5. The minimum Gasteiger partial charge on any atom is -0.359 e. The van der Waals surface area contributed by atoms with Crippen molar-refractivity contribution in [2.75, 3.05) is 19.7 Å². The second-order valence-corrected chi connectivity index (χ2v) is 6.89. The van der Waals surface area contributed by atoms with E-state index < -0.39 is 0 Å². The summed E-state index contributed by atoms with van der Waals surface area (Å²) in [5.74, 6) is 0. The standard InChI is InChI=1S/C17H33NO/c1-5-6-7-10-15-19-16-11-8-9-13-18(16)14-12-17(2,3)4/h8,11,16H,5-7,9-10,12-15H2,1-4H3. The molecule has 0 bridgehead atoms. The molecule has 0 aromatic heterocycles. The number of rotatable bonds is 8. The number of hydrogen-bond acceptors (Lipinski definition) is 2. The van der Waals surface area contributed by atoms with Crippen LogP contribution in [-0.2, 0) is 4.74 Å². The van der Waals surface area contributed by atoms with Crippen LogP contribution in [0.2, 0.25) is 0 Å². The summed E-state index contributed by atoms with van der Waals surface area (Å²) in [6.45, 7) is 12.4. The topological polar surface area (TPSA) is 12.5 Å². The van der Waals surface area contributed by atoms with E-state index in [4.69, 9.17) is 4.74 Å². The largest absolute Gasteiger partial charge is 0.359 e. The third-order valence-electron chi connectivity index (χ3n) is 3.68. The van der Waals surface area contributed by atoms with E-state index in [9.17, 15) is 0 Å². The van der Waals surface area contributed by atoms with Crippen LogP contribution in [0, 0.1) is 5.41 Å². The maximum absolute atomic E-state index is 6.05. The molecular weight excluding hydrogens is 234 g/mol.